The van der Waals surface area contributed by atoms with Crippen LogP contribution in [0.1, 0.15) is 27.0 Å². The monoisotopic (exact) mass is 392 g/mol. The molecule has 0 saturated carbocycles. The van der Waals surface area contributed by atoms with Crippen LogP contribution in [0.5, 0.6) is 0 Å². The summed E-state index contributed by atoms with van der Waals surface area (Å²) in [7, 11) is 0. The molecule has 4 aromatic rings. The van der Waals surface area contributed by atoms with E-state index in [9.17, 15) is 4.79 Å². The van der Waals surface area contributed by atoms with E-state index in [1.54, 1.807) is 30.5 Å². The first kappa shape index (κ1) is 19.2. The maximum atomic E-state index is 12.5. The minimum atomic E-state index is -0.163. The van der Waals surface area contributed by atoms with Gasteiger partial charge in [-0.3, -0.25) is 9.48 Å². The first-order valence-corrected chi connectivity index (χ1v) is 9.66. The SMILES string of the molecule is N#Cc1ccc(C(=O)NCc2ccccc2-c2ccc(Cn3cccn3)cc2)cc1. The van der Waals surface area contributed by atoms with Crippen LogP contribution in [0, 0.1) is 11.3 Å². The Balaban J connectivity index is 1.47. The van der Waals surface area contributed by atoms with E-state index in [2.05, 4.69) is 46.8 Å². The smallest absolute Gasteiger partial charge is 0.251 e. The van der Waals surface area contributed by atoms with Gasteiger partial charge in [-0.25, -0.2) is 0 Å². The Labute approximate surface area is 175 Å². The molecule has 0 saturated heterocycles. The highest BCUT2D eigenvalue weighted by atomic mass is 16.1. The lowest BCUT2D eigenvalue weighted by atomic mass is 9.98. The van der Waals surface area contributed by atoms with E-state index in [4.69, 9.17) is 5.26 Å². The van der Waals surface area contributed by atoms with Crippen LogP contribution in [0.25, 0.3) is 11.1 Å². The second-order valence-electron chi connectivity index (χ2n) is 6.93. The van der Waals surface area contributed by atoms with Gasteiger partial charge in [-0.2, -0.15) is 10.4 Å². The largest absolute Gasteiger partial charge is 0.348 e. The molecule has 4 rings (SSSR count). The Kier molecular flexibility index (Phi) is 5.68. The van der Waals surface area contributed by atoms with Crippen LogP contribution in [0.3, 0.4) is 0 Å². The Morgan fingerprint density at radius 1 is 0.967 bits per heavy atom. The van der Waals surface area contributed by atoms with Crippen LogP contribution in [0.15, 0.2) is 91.3 Å². The summed E-state index contributed by atoms with van der Waals surface area (Å²) < 4.78 is 1.89. The van der Waals surface area contributed by atoms with E-state index in [-0.39, 0.29) is 5.91 Å². The first-order valence-electron chi connectivity index (χ1n) is 9.66. The van der Waals surface area contributed by atoms with Crippen molar-refractivity contribution in [1.29, 1.82) is 5.26 Å². The molecular formula is C25H20N4O. The molecule has 0 bridgehead atoms. The van der Waals surface area contributed by atoms with Gasteiger partial charge in [0.1, 0.15) is 0 Å². The molecule has 30 heavy (non-hydrogen) atoms. The van der Waals surface area contributed by atoms with Crippen molar-refractivity contribution < 1.29 is 4.79 Å². The molecule has 0 fully saturated rings. The maximum Gasteiger partial charge on any atom is 0.251 e. The minimum absolute atomic E-state index is 0.163. The van der Waals surface area contributed by atoms with E-state index in [1.807, 2.05) is 35.1 Å². The highest BCUT2D eigenvalue weighted by Crippen LogP contribution is 2.24. The van der Waals surface area contributed by atoms with Gasteiger partial charge in [-0.05, 0) is 52.6 Å². The van der Waals surface area contributed by atoms with Crippen LogP contribution in [-0.4, -0.2) is 15.7 Å². The van der Waals surface area contributed by atoms with E-state index in [0.717, 1.165) is 23.2 Å². The highest BCUT2D eigenvalue weighted by Gasteiger charge is 2.09. The van der Waals surface area contributed by atoms with Crippen molar-refractivity contribution in [2.24, 2.45) is 0 Å². The van der Waals surface area contributed by atoms with Crippen molar-refractivity contribution in [2.45, 2.75) is 13.1 Å². The van der Waals surface area contributed by atoms with Crippen molar-refractivity contribution >= 4 is 5.91 Å². The van der Waals surface area contributed by atoms with Crippen LogP contribution >= 0.6 is 0 Å². The number of nitriles is 1. The van der Waals surface area contributed by atoms with Crippen molar-refractivity contribution in [3.63, 3.8) is 0 Å². The van der Waals surface area contributed by atoms with Crippen LogP contribution in [0.2, 0.25) is 0 Å². The molecule has 0 aliphatic carbocycles. The normalized spacial score (nSPS) is 10.4. The molecule has 0 radical (unpaired) electrons. The summed E-state index contributed by atoms with van der Waals surface area (Å²) in [6.45, 7) is 1.15. The van der Waals surface area contributed by atoms with Crippen LogP contribution in [0.4, 0.5) is 0 Å². The third-order valence-corrected chi connectivity index (χ3v) is 4.90. The fraction of sp³-hybridized carbons (Fsp3) is 0.0800. The second-order valence-corrected chi connectivity index (χ2v) is 6.93. The van der Waals surface area contributed by atoms with E-state index in [1.165, 1.54) is 5.56 Å². The molecule has 146 valence electrons. The molecule has 5 nitrogen and oxygen atoms in total. The predicted molar refractivity (Wildman–Crippen MR) is 116 cm³/mol. The number of hydrogen-bond acceptors (Lipinski definition) is 3. The lowest BCUT2D eigenvalue weighted by Crippen LogP contribution is -2.23. The highest BCUT2D eigenvalue weighted by molar-refractivity contribution is 5.94. The van der Waals surface area contributed by atoms with Crippen molar-refractivity contribution in [1.82, 2.24) is 15.1 Å². The third kappa shape index (κ3) is 4.45. The van der Waals surface area contributed by atoms with Gasteiger partial charge in [-0.15, -0.1) is 0 Å². The van der Waals surface area contributed by atoms with Gasteiger partial charge in [0.2, 0.25) is 0 Å². The molecule has 0 aliphatic heterocycles. The van der Waals surface area contributed by atoms with Crippen molar-refractivity contribution in [2.75, 3.05) is 0 Å². The number of carbonyl (C=O) groups excluding carboxylic acids is 1. The fourth-order valence-corrected chi connectivity index (χ4v) is 3.30. The van der Waals surface area contributed by atoms with E-state index in [0.29, 0.717) is 17.7 Å². The van der Waals surface area contributed by atoms with Gasteiger partial charge >= 0.3 is 0 Å². The maximum absolute atomic E-state index is 12.5. The second kappa shape index (κ2) is 8.89. The van der Waals surface area contributed by atoms with Gasteiger partial charge in [0.25, 0.3) is 5.91 Å². The van der Waals surface area contributed by atoms with Gasteiger partial charge in [-0.1, -0.05) is 48.5 Å². The van der Waals surface area contributed by atoms with Gasteiger partial charge in [0.15, 0.2) is 0 Å². The zero-order valence-electron chi connectivity index (χ0n) is 16.3. The molecular weight excluding hydrogens is 372 g/mol. The summed E-state index contributed by atoms with van der Waals surface area (Å²) >= 11 is 0. The summed E-state index contributed by atoms with van der Waals surface area (Å²) in [6, 6.07) is 27.0. The topological polar surface area (TPSA) is 70.7 Å². The van der Waals surface area contributed by atoms with Crippen LogP contribution < -0.4 is 5.32 Å². The Hall–Kier alpha value is -4.17. The molecule has 1 N–H and O–H groups in total. The lowest BCUT2D eigenvalue weighted by molar-refractivity contribution is 0.0951. The van der Waals surface area contributed by atoms with Crippen molar-refractivity contribution in [3.05, 3.63) is 114 Å². The summed E-state index contributed by atoms with van der Waals surface area (Å²) in [5, 5.41) is 16.1. The third-order valence-electron chi connectivity index (χ3n) is 4.90. The number of benzene rings is 3. The van der Waals surface area contributed by atoms with Gasteiger partial charge in [0, 0.05) is 24.5 Å². The number of aromatic nitrogens is 2. The van der Waals surface area contributed by atoms with E-state index >= 15 is 0 Å². The molecule has 0 atom stereocenters. The molecule has 5 heteroatoms. The average Bonchev–Trinajstić information content (AvgIpc) is 3.31. The van der Waals surface area contributed by atoms with Gasteiger partial charge in [0.05, 0.1) is 18.2 Å². The molecule has 1 amide bonds. The average molecular weight is 392 g/mol. The Morgan fingerprint density at radius 2 is 1.73 bits per heavy atom. The lowest BCUT2D eigenvalue weighted by Gasteiger charge is -2.12. The zero-order valence-corrected chi connectivity index (χ0v) is 16.3. The molecule has 0 spiro atoms. The molecule has 0 aliphatic rings. The van der Waals surface area contributed by atoms with Gasteiger partial charge < -0.3 is 5.32 Å². The number of carbonyl (C=O) groups is 1. The molecule has 0 unspecified atom stereocenters. The molecule has 3 aromatic carbocycles. The summed E-state index contributed by atoms with van der Waals surface area (Å²) in [5.74, 6) is -0.163. The summed E-state index contributed by atoms with van der Waals surface area (Å²) in [6.07, 6.45) is 3.72. The summed E-state index contributed by atoms with van der Waals surface area (Å²) in [5.41, 5.74) is 5.47. The van der Waals surface area contributed by atoms with Crippen LogP contribution in [-0.2, 0) is 13.1 Å². The zero-order chi connectivity index (χ0) is 20.8. The standard InChI is InChI=1S/C25H20N4O/c26-16-19-6-12-22(13-7-19)25(30)27-17-23-4-1-2-5-24(23)21-10-8-20(9-11-21)18-29-15-3-14-28-29/h1-15H,17-18H2,(H,27,30). The van der Waals surface area contributed by atoms with Crippen molar-refractivity contribution in [3.8, 4) is 17.2 Å². The minimum Gasteiger partial charge on any atom is -0.348 e. The Morgan fingerprint density at radius 3 is 2.43 bits per heavy atom. The number of nitrogens with one attached hydrogen (secondary N) is 1. The molecule has 1 aromatic heterocycles. The predicted octanol–water partition coefficient (Wildman–Crippen LogP) is 4.40. The molecule has 1 heterocycles. The number of amides is 1. The number of hydrogen-bond donors (Lipinski definition) is 1. The summed E-state index contributed by atoms with van der Waals surface area (Å²) in [4.78, 5) is 12.5. The number of rotatable bonds is 6. The first-order chi connectivity index (χ1) is 14.7. The quantitative estimate of drug-likeness (QED) is 0.529. The Bertz CT molecular complexity index is 1170. The fourth-order valence-electron chi connectivity index (χ4n) is 3.30. The van der Waals surface area contributed by atoms with E-state index < -0.39 is 0 Å². The number of nitrogens with zero attached hydrogens (tertiary/aromatic N) is 3.